The molecule has 2 atom stereocenters. The van der Waals surface area contributed by atoms with Gasteiger partial charge in [0.15, 0.2) is 0 Å². The summed E-state index contributed by atoms with van der Waals surface area (Å²) in [5, 5.41) is 0. The van der Waals surface area contributed by atoms with E-state index in [9.17, 15) is 9.59 Å². The molecule has 0 spiro atoms. The lowest BCUT2D eigenvalue weighted by Gasteiger charge is -2.38. The van der Waals surface area contributed by atoms with Crippen molar-refractivity contribution < 1.29 is 9.59 Å². The van der Waals surface area contributed by atoms with E-state index in [1.54, 1.807) is 0 Å². The molecule has 2 aliphatic rings. The van der Waals surface area contributed by atoms with Crippen LogP contribution in [0.3, 0.4) is 0 Å². The van der Waals surface area contributed by atoms with Crippen molar-refractivity contribution in [3.8, 4) is 0 Å². The van der Waals surface area contributed by atoms with E-state index >= 15 is 0 Å². The lowest BCUT2D eigenvalue weighted by molar-refractivity contribution is -0.141. The summed E-state index contributed by atoms with van der Waals surface area (Å²) in [6.07, 6.45) is 1.62. The van der Waals surface area contributed by atoms with E-state index in [-0.39, 0.29) is 17.0 Å². The fraction of sp³-hybridized carbons (Fsp3) is 0.500. The van der Waals surface area contributed by atoms with Crippen LogP contribution in [0, 0.1) is 10.8 Å². The number of fused-ring (bicyclic) bond motifs is 2. The van der Waals surface area contributed by atoms with Crippen molar-refractivity contribution in [3.05, 3.63) is 35.9 Å². The van der Waals surface area contributed by atoms with Crippen LogP contribution in [0.2, 0.25) is 0 Å². The van der Waals surface area contributed by atoms with Crippen LogP contribution in [0.15, 0.2) is 30.3 Å². The summed E-state index contributed by atoms with van der Waals surface area (Å²) in [6, 6.07) is 9.83. The van der Waals surface area contributed by atoms with Crippen LogP contribution in [0.25, 0.3) is 0 Å². The lowest BCUT2D eigenvalue weighted by atomic mass is 9.62. The molecule has 94 valence electrons. The molecule has 2 nitrogen and oxygen atoms in total. The maximum absolute atomic E-state index is 12.6. The van der Waals surface area contributed by atoms with Crippen molar-refractivity contribution in [1.82, 2.24) is 0 Å². The maximum Gasteiger partial charge on any atom is 0.210 e. The molecular formula is C16H18O2. The third-order valence-electron chi connectivity index (χ3n) is 5.81. The molecule has 2 aliphatic carbocycles. The largest absolute Gasteiger partial charge is 0.290 e. The summed E-state index contributed by atoms with van der Waals surface area (Å²) in [5.74, 6) is -0.338. The number of hydrogen-bond acceptors (Lipinski definition) is 2. The molecule has 1 aromatic rings. The molecule has 0 heterocycles. The molecule has 2 saturated carbocycles. The van der Waals surface area contributed by atoms with E-state index in [1.807, 2.05) is 37.3 Å². The molecule has 0 amide bonds. The van der Waals surface area contributed by atoms with Gasteiger partial charge in [-0.15, -0.1) is 0 Å². The van der Waals surface area contributed by atoms with Gasteiger partial charge in [0.05, 0.1) is 5.41 Å². The number of carbonyl (C=O) groups excluding carboxylic acids is 2. The highest BCUT2D eigenvalue weighted by Gasteiger charge is 2.75. The number of rotatable bonds is 1. The van der Waals surface area contributed by atoms with Gasteiger partial charge in [0.2, 0.25) is 11.6 Å². The van der Waals surface area contributed by atoms with Gasteiger partial charge in [0.25, 0.3) is 0 Å². The average molecular weight is 242 g/mol. The third-order valence-corrected chi connectivity index (χ3v) is 5.81. The molecule has 1 aromatic carbocycles. The molecule has 2 fully saturated rings. The number of benzene rings is 1. The minimum absolute atomic E-state index is 0.164. The smallest absolute Gasteiger partial charge is 0.210 e. The molecule has 2 bridgehead atoms. The lowest BCUT2D eigenvalue weighted by Crippen LogP contribution is -2.41. The summed E-state index contributed by atoms with van der Waals surface area (Å²) in [5.41, 5.74) is -0.371. The van der Waals surface area contributed by atoms with Gasteiger partial charge in [-0.25, -0.2) is 0 Å². The molecule has 0 unspecified atom stereocenters. The van der Waals surface area contributed by atoms with Gasteiger partial charge in [-0.05, 0) is 23.8 Å². The van der Waals surface area contributed by atoms with E-state index in [0.29, 0.717) is 0 Å². The van der Waals surface area contributed by atoms with Gasteiger partial charge in [-0.2, -0.15) is 0 Å². The summed E-state index contributed by atoms with van der Waals surface area (Å²) >= 11 is 0. The minimum Gasteiger partial charge on any atom is -0.290 e. The Morgan fingerprint density at radius 3 is 2.00 bits per heavy atom. The van der Waals surface area contributed by atoms with E-state index in [0.717, 1.165) is 18.4 Å². The van der Waals surface area contributed by atoms with Crippen molar-refractivity contribution in [2.24, 2.45) is 10.8 Å². The maximum atomic E-state index is 12.6. The molecule has 0 saturated heterocycles. The Morgan fingerprint density at radius 2 is 1.50 bits per heavy atom. The molecule has 0 aliphatic heterocycles. The molecular weight excluding hydrogens is 224 g/mol. The first-order valence-corrected chi connectivity index (χ1v) is 6.53. The van der Waals surface area contributed by atoms with E-state index in [4.69, 9.17) is 0 Å². The highest BCUT2D eigenvalue weighted by Crippen LogP contribution is 2.69. The van der Waals surface area contributed by atoms with E-state index in [1.165, 1.54) is 0 Å². The highest BCUT2D eigenvalue weighted by molar-refractivity contribution is 6.46. The first-order chi connectivity index (χ1) is 8.38. The Kier molecular flexibility index (Phi) is 2.01. The van der Waals surface area contributed by atoms with Gasteiger partial charge in [-0.1, -0.05) is 51.1 Å². The number of ketones is 2. The van der Waals surface area contributed by atoms with Gasteiger partial charge < -0.3 is 0 Å². The van der Waals surface area contributed by atoms with E-state index < -0.39 is 10.8 Å². The van der Waals surface area contributed by atoms with Crippen LogP contribution < -0.4 is 0 Å². The Hall–Kier alpha value is -1.44. The van der Waals surface area contributed by atoms with Crippen molar-refractivity contribution in [2.45, 2.75) is 39.0 Å². The van der Waals surface area contributed by atoms with Crippen molar-refractivity contribution >= 4 is 11.6 Å². The first kappa shape index (κ1) is 11.6. The predicted octanol–water partition coefficient (Wildman–Crippen LogP) is 2.90. The fourth-order valence-electron chi connectivity index (χ4n) is 4.13. The Bertz CT molecular complexity index is 543. The monoisotopic (exact) mass is 242 g/mol. The summed E-state index contributed by atoms with van der Waals surface area (Å²) in [6.45, 7) is 6.12. The van der Waals surface area contributed by atoms with Crippen LogP contribution in [-0.2, 0) is 15.0 Å². The van der Waals surface area contributed by atoms with Crippen LogP contribution in [-0.4, -0.2) is 11.6 Å². The molecule has 18 heavy (non-hydrogen) atoms. The van der Waals surface area contributed by atoms with Gasteiger partial charge >= 0.3 is 0 Å². The second-order valence-electron chi connectivity index (χ2n) is 6.39. The quantitative estimate of drug-likeness (QED) is 0.710. The summed E-state index contributed by atoms with van der Waals surface area (Å²) in [7, 11) is 0. The molecule has 0 aromatic heterocycles. The highest BCUT2D eigenvalue weighted by atomic mass is 16.2. The normalized spacial score (nSPS) is 37.3. The molecule has 2 heteroatoms. The van der Waals surface area contributed by atoms with Crippen LogP contribution in [0.5, 0.6) is 0 Å². The second kappa shape index (κ2) is 3.11. The van der Waals surface area contributed by atoms with Crippen LogP contribution in [0.4, 0.5) is 0 Å². The Labute approximate surface area is 107 Å². The summed E-state index contributed by atoms with van der Waals surface area (Å²) in [4.78, 5) is 24.9. The van der Waals surface area contributed by atoms with Crippen LogP contribution in [0.1, 0.15) is 39.2 Å². The topological polar surface area (TPSA) is 34.1 Å². The van der Waals surface area contributed by atoms with E-state index in [2.05, 4.69) is 13.8 Å². The fourth-order valence-corrected chi connectivity index (χ4v) is 4.13. The molecule has 0 N–H and O–H groups in total. The first-order valence-electron chi connectivity index (χ1n) is 6.53. The zero-order chi connectivity index (χ0) is 13.2. The second-order valence-corrected chi connectivity index (χ2v) is 6.39. The third kappa shape index (κ3) is 0.933. The number of hydrogen-bond donors (Lipinski definition) is 0. The van der Waals surface area contributed by atoms with Crippen molar-refractivity contribution in [1.29, 1.82) is 0 Å². The Balaban J connectivity index is 2.30. The van der Waals surface area contributed by atoms with Crippen molar-refractivity contribution in [3.63, 3.8) is 0 Å². The van der Waals surface area contributed by atoms with Crippen molar-refractivity contribution in [2.75, 3.05) is 0 Å². The zero-order valence-electron chi connectivity index (χ0n) is 11.1. The van der Waals surface area contributed by atoms with Gasteiger partial charge in [-0.3, -0.25) is 9.59 Å². The molecule has 3 rings (SSSR count). The zero-order valence-corrected chi connectivity index (χ0v) is 11.1. The molecule has 0 radical (unpaired) electrons. The van der Waals surface area contributed by atoms with Gasteiger partial charge in [0.1, 0.15) is 0 Å². The number of Topliss-reactive ketones (excluding diaryl/α,β-unsaturated/α-hetero) is 2. The van der Waals surface area contributed by atoms with Crippen LogP contribution >= 0.6 is 0 Å². The average Bonchev–Trinajstić information content (AvgIpc) is 2.63. The summed E-state index contributed by atoms with van der Waals surface area (Å²) < 4.78 is 0. The Morgan fingerprint density at radius 1 is 0.889 bits per heavy atom. The SMILES string of the molecule is CC1(C)[C@@]2(C)CC[C@]1(c1ccccc1)C(=O)C2=O. The standard InChI is InChI=1S/C16H18O2/c1-14(2)15(3)9-10-16(14,13(18)12(15)17)11-7-5-4-6-8-11/h4-8H,9-10H2,1-3H3/t15-,16-/m0/s1. The predicted molar refractivity (Wildman–Crippen MR) is 69.3 cm³/mol. The minimum atomic E-state index is -0.597. The number of carbonyl (C=O) groups is 2. The van der Waals surface area contributed by atoms with Gasteiger partial charge in [0, 0.05) is 5.41 Å².